The van der Waals surface area contributed by atoms with Gasteiger partial charge in [-0.1, -0.05) is 29.3 Å². The van der Waals surface area contributed by atoms with Crippen molar-refractivity contribution in [2.24, 2.45) is 15.7 Å². The lowest BCUT2D eigenvalue weighted by Crippen LogP contribution is -2.27. The smallest absolute Gasteiger partial charge is 0.220 e. The summed E-state index contributed by atoms with van der Waals surface area (Å²) in [5.74, 6) is 0.153. The minimum Gasteiger partial charge on any atom is -0.386 e. The Morgan fingerprint density at radius 1 is 1.31 bits per heavy atom. The van der Waals surface area contributed by atoms with Crippen LogP contribution in [0, 0.1) is 0 Å². The van der Waals surface area contributed by atoms with E-state index < -0.39 is 0 Å². The highest BCUT2D eigenvalue weighted by molar-refractivity contribution is 7.80. The summed E-state index contributed by atoms with van der Waals surface area (Å²) in [5, 5.41) is 1.35. The second kappa shape index (κ2) is 4.49. The van der Waals surface area contributed by atoms with Crippen molar-refractivity contribution < 1.29 is 0 Å². The first kappa shape index (κ1) is 11.5. The zero-order chi connectivity index (χ0) is 11.7. The van der Waals surface area contributed by atoms with Gasteiger partial charge in [0.05, 0.1) is 5.92 Å². The van der Waals surface area contributed by atoms with E-state index in [0.29, 0.717) is 15.9 Å². The van der Waals surface area contributed by atoms with Crippen molar-refractivity contribution >= 4 is 52.6 Å². The highest BCUT2D eigenvalue weighted by Crippen LogP contribution is 2.27. The summed E-state index contributed by atoms with van der Waals surface area (Å²) in [5.41, 5.74) is 6.61. The van der Waals surface area contributed by atoms with E-state index in [9.17, 15) is 0 Å². The average molecular weight is 272 g/mol. The summed E-state index contributed by atoms with van der Waals surface area (Å²) in [6, 6.07) is 5.21. The Morgan fingerprint density at radius 3 is 2.69 bits per heavy atom. The predicted molar refractivity (Wildman–Crippen MR) is 71.9 cm³/mol. The van der Waals surface area contributed by atoms with Crippen LogP contribution in [0.5, 0.6) is 0 Å². The molecule has 6 heteroatoms. The van der Waals surface area contributed by atoms with Crippen LogP contribution in [0.2, 0.25) is 10.0 Å². The van der Waals surface area contributed by atoms with Crippen LogP contribution in [0.25, 0.3) is 0 Å². The maximum atomic E-state index is 6.08. The van der Waals surface area contributed by atoms with Gasteiger partial charge in [-0.15, -0.1) is 0 Å². The van der Waals surface area contributed by atoms with Gasteiger partial charge in [-0.2, -0.15) is 0 Å². The summed E-state index contributed by atoms with van der Waals surface area (Å²) < 4.78 is 0. The molecule has 1 unspecified atom stereocenters. The number of rotatable bonds is 1. The number of amidine groups is 1. The van der Waals surface area contributed by atoms with E-state index in [4.69, 9.17) is 41.2 Å². The minimum absolute atomic E-state index is 0.235. The molecule has 0 spiro atoms. The third kappa shape index (κ3) is 2.24. The summed E-state index contributed by atoms with van der Waals surface area (Å²) in [7, 11) is 0. The Kier molecular flexibility index (Phi) is 3.23. The number of nitrogens with two attached hydrogens (primary N) is 1. The summed E-state index contributed by atoms with van der Waals surface area (Å²) in [6.07, 6.45) is 1.64. The van der Waals surface area contributed by atoms with E-state index in [1.54, 1.807) is 24.4 Å². The molecule has 0 saturated heterocycles. The number of hydrogen-bond acceptors (Lipinski definition) is 2. The molecule has 1 heterocycles. The van der Waals surface area contributed by atoms with Crippen molar-refractivity contribution in [1.82, 2.24) is 0 Å². The molecule has 3 nitrogen and oxygen atoms in total. The molecular formula is C10H7Cl2N3S. The van der Waals surface area contributed by atoms with E-state index in [-0.39, 0.29) is 11.0 Å². The van der Waals surface area contributed by atoms with Crippen LogP contribution in [0.1, 0.15) is 11.5 Å². The molecular weight excluding hydrogens is 265 g/mol. The lowest BCUT2D eigenvalue weighted by atomic mass is 9.98. The Labute approximate surface area is 108 Å². The van der Waals surface area contributed by atoms with Crippen molar-refractivity contribution in [3.05, 3.63) is 33.8 Å². The fourth-order valence-electron chi connectivity index (χ4n) is 1.42. The Bertz CT molecular complexity index is 511. The summed E-state index contributed by atoms with van der Waals surface area (Å²) >= 11 is 16.7. The number of aliphatic imine (C=N–C) groups is 2. The topological polar surface area (TPSA) is 50.7 Å². The van der Waals surface area contributed by atoms with Gasteiger partial charge >= 0.3 is 0 Å². The molecule has 0 radical (unpaired) electrons. The maximum absolute atomic E-state index is 6.08. The Hall–Kier alpha value is -0.970. The fourth-order valence-corrected chi connectivity index (χ4v) is 2.11. The molecule has 1 aromatic carbocycles. The van der Waals surface area contributed by atoms with E-state index in [1.807, 2.05) is 0 Å². The second-order valence-corrected chi connectivity index (χ2v) is 4.45. The van der Waals surface area contributed by atoms with Crippen LogP contribution in [-0.2, 0) is 0 Å². The molecule has 0 saturated carbocycles. The summed E-state index contributed by atoms with van der Waals surface area (Å²) in [6.45, 7) is 0. The molecule has 1 atom stereocenters. The number of hydrogen-bond donors (Lipinski definition) is 1. The quantitative estimate of drug-likeness (QED) is 0.799. The predicted octanol–water partition coefficient (Wildman–Crippen LogP) is 2.80. The van der Waals surface area contributed by atoms with E-state index in [2.05, 4.69) is 9.98 Å². The molecule has 0 bridgehead atoms. The van der Waals surface area contributed by atoms with Gasteiger partial charge in [0.15, 0.2) is 0 Å². The van der Waals surface area contributed by atoms with Gasteiger partial charge in [0.25, 0.3) is 0 Å². The van der Waals surface area contributed by atoms with Gasteiger partial charge < -0.3 is 5.73 Å². The molecule has 1 aliphatic rings. The van der Waals surface area contributed by atoms with Gasteiger partial charge in [-0.25, -0.2) is 9.98 Å². The number of nitrogens with zero attached hydrogens (tertiary/aromatic N) is 2. The number of thiocarbonyl (C=S) groups is 1. The van der Waals surface area contributed by atoms with Crippen LogP contribution in [0.4, 0.5) is 0 Å². The lowest BCUT2D eigenvalue weighted by Gasteiger charge is -2.16. The SMILES string of the molecule is NC1=NC(=S)N=CC1c1ccc(Cl)cc1Cl. The van der Waals surface area contributed by atoms with Crippen molar-refractivity contribution in [2.75, 3.05) is 0 Å². The third-order valence-electron chi connectivity index (χ3n) is 2.17. The Morgan fingerprint density at radius 2 is 2.06 bits per heavy atom. The summed E-state index contributed by atoms with van der Waals surface area (Å²) in [4.78, 5) is 7.89. The molecule has 2 rings (SSSR count). The monoisotopic (exact) mass is 271 g/mol. The molecule has 2 N–H and O–H groups in total. The van der Waals surface area contributed by atoms with Crippen LogP contribution < -0.4 is 5.73 Å². The first-order valence-electron chi connectivity index (χ1n) is 4.45. The van der Waals surface area contributed by atoms with Crippen LogP contribution in [-0.4, -0.2) is 17.2 Å². The van der Waals surface area contributed by atoms with Crippen molar-refractivity contribution in [3.63, 3.8) is 0 Å². The maximum Gasteiger partial charge on any atom is 0.220 e. The van der Waals surface area contributed by atoms with E-state index in [0.717, 1.165) is 5.56 Å². The van der Waals surface area contributed by atoms with Gasteiger partial charge in [0.2, 0.25) is 5.11 Å². The highest BCUT2D eigenvalue weighted by Gasteiger charge is 2.20. The molecule has 0 aliphatic carbocycles. The average Bonchev–Trinajstić information content (AvgIpc) is 2.19. The standard InChI is InChI=1S/C10H7Cl2N3S/c11-5-1-2-6(8(12)3-5)7-4-14-10(16)15-9(7)13/h1-4,7H,(H2,13,15,16). The first-order chi connectivity index (χ1) is 7.58. The van der Waals surface area contributed by atoms with Gasteiger partial charge in [0.1, 0.15) is 5.84 Å². The fraction of sp³-hybridized carbons (Fsp3) is 0.100. The third-order valence-corrected chi connectivity index (χ3v) is 2.93. The molecule has 0 fully saturated rings. The molecule has 16 heavy (non-hydrogen) atoms. The molecule has 82 valence electrons. The molecule has 0 amide bonds. The van der Waals surface area contributed by atoms with Crippen LogP contribution in [0.3, 0.4) is 0 Å². The van der Waals surface area contributed by atoms with Crippen molar-refractivity contribution in [1.29, 1.82) is 0 Å². The van der Waals surface area contributed by atoms with Crippen LogP contribution in [0.15, 0.2) is 28.2 Å². The minimum atomic E-state index is -0.239. The largest absolute Gasteiger partial charge is 0.386 e. The zero-order valence-electron chi connectivity index (χ0n) is 8.02. The first-order valence-corrected chi connectivity index (χ1v) is 5.61. The molecule has 1 aromatic rings. The van der Waals surface area contributed by atoms with Crippen LogP contribution >= 0.6 is 35.4 Å². The van der Waals surface area contributed by atoms with Crippen molar-refractivity contribution in [2.45, 2.75) is 5.92 Å². The number of halogens is 2. The van der Waals surface area contributed by atoms with E-state index in [1.165, 1.54) is 0 Å². The Balaban J connectivity index is 2.42. The molecule has 0 aromatic heterocycles. The van der Waals surface area contributed by atoms with E-state index >= 15 is 0 Å². The normalized spacial score (nSPS) is 19.8. The molecule has 1 aliphatic heterocycles. The number of benzene rings is 1. The zero-order valence-corrected chi connectivity index (χ0v) is 10.4. The highest BCUT2D eigenvalue weighted by atomic mass is 35.5. The van der Waals surface area contributed by atoms with Gasteiger partial charge in [-0.05, 0) is 29.9 Å². The second-order valence-electron chi connectivity index (χ2n) is 3.24. The van der Waals surface area contributed by atoms with Gasteiger partial charge in [-0.3, -0.25) is 0 Å². The van der Waals surface area contributed by atoms with Crippen molar-refractivity contribution in [3.8, 4) is 0 Å². The lowest BCUT2D eigenvalue weighted by molar-refractivity contribution is 1.18. The van der Waals surface area contributed by atoms with Gasteiger partial charge in [0, 0.05) is 16.3 Å².